The zero-order valence-corrected chi connectivity index (χ0v) is 14.4. The van der Waals surface area contributed by atoms with E-state index in [2.05, 4.69) is 10.5 Å². The Balaban J connectivity index is 1.90. The van der Waals surface area contributed by atoms with Gasteiger partial charge in [0.1, 0.15) is 0 Å². The first-order valence-corrected chi connectivity index (χ1v) is 8.52. The van der Waals surface area contributed by atoms with E-state index in [1.54, 1.807) is 18.2 Å². The van der Waals surface area contributed by atoms with Crippen molar-refractivity contribution in [3.05, 3.63) is 52.9 Å². The largest absolute Gasteiger partial charge is 0.479 e. The first kappa shape index (κ1) is 17.2. The van der Waals surface area contributed by atoms with Crippen LogP contribution in [0.5, 0.6) is 0 Å². The van der Waals surface area contributed by atoms with Gasteiger partial charge >= 0.3 is 5.97 Å². The van der Waals surface area contributed by atoms with Gasteiger partial charge in [0.05, 0.1) is 5.69 Å². The van der Waals surface area contributed by atoms with E-state index in [9.17, 15) is 14.7 Å². The summed E-state index contributed by atoms with van der Waals surface area (Å²) < 4.78 is 5.13. The van der Waals surface area contributed by atoms with Crippen molar-refractivity contribution in [2.24, 2.45) is 5.92 Å². The molecule has 1 aromatic heterocycles. The molecular weight excluding hydrogens is 320 g/mol. The van der Waals surface area contributed by atoms with Crippen LogP contribution < -0.4 is 5.32 Å². The summed E-state index contributed by atoms with van der Waals surface area (Å²) in [5, 5.41) is 16.5. The van der Waals surface area contributed by atoms with Gasteiger partial charge in [0.25, 0.3) is 5.91 Å². The van der Waals surface area contributed by atoms with Crippen LogP contribution in [0.3, 0.4) is 0 Å². The van der Waals surface area contributed by atoms with Crippen LogP contribution in [0, 0.1) is 5.92 Å². The molecule has 0 saturated heterocycles. The first-order valence-electron chi connectivity index (χ1n) is 8.52. The van der Waals surface area contributed by atoms with Crippen molar-refractivity contribution in [1.29, 1.82) is 0 Å². The highest BCUT2D eigenvalue weighted by molar-refractivity contribution is 5.96. The van der Waals surface area contributed by atoms with Crippen molar-refractivity contribution in [2.75, 3.05) is 0 Å². The maximum absolute atomic E-state index is 12.6. The third-order valence-corrected chi connectivity index (χ3v) is 4.57. The standard InChI is InChI=1S/C19H22N2O4/c1-12(2)10-14-11-16(25-21-14)17(22)20-19(18(23)24)9-5-7-13-6-3-4-8-15(13)19/h3-4,6,8,11-12H,5,7,9-10H2,1-2H3,(H,20,22)(H,23,24)/t19-/m1/s1. The van der Waals surface area contributed by atoms with Crippen LogP contribution in [0.25, 0.3) is 0 Å². The Morgan fingerprint density at radius 2 is 2.12 bits per heavy atom. The van der Waals surface area contributed by atoms with Gasteiger partial charge < -0.3 is 14.9 Å². The molecule has 0 spiro atoms. The molecule has 2 aromatic rings. The number of nitrogens with one attached hydrogen (secondary N) is 1. The number of rotatable bonds is 5. The molecule has 1 aliphatic carbocycles. The molecule has 6 nitrogen and oxygen atoms in total. The van der Waals surface area contributed by atoms with Crippen molar-refractivity contribution in [3.63, 3.8) is 0 Å². The fourth-order valence-electron chi connectivity index (χ4n) is 3.43. The van der Waals surface area contributed by atoms with Gasteiger partial charge in [-0.05, 0) is 42.7 Å². The zero-order valence-electron chi connectivity index (χ0n) is 14.4. The van der Waals surface area contributed by atoms with Crippen molar-refractivity contribution >= 4 is 11.9 Å². The highest BCUT2D eigenvalue weighted by Crippen LogP contribution is 2.36. The summed E-state index contributed by atoms with van der Waals surface area (Å²) in [6.45, 7) is 4.10. The molecule has 0 radical (unpaired) electrons. The predicted octanol–water partition coefficient (Wildman–Crippen LogP) is 2.92. The average molecular weight is 342 g/mol. The number of amides is 1. The number of hydrogen-bond acceptors (Lipinski definition) is 4. The maximum atomic E-state index is 12.6. The van der Waals surface area contributed by atoms with Gasteiger partial charge in [-0.3, -0.25) is 4.79 Å². The fraction of sp³-hybridized carbons (Fsp3) is 0.421. The summed E-state index contributed by atoms with van der Waals surface area (Å²) in [5.41, 5.74) is 0.851. The number of fused-ring (bicyclic) bond motifs is 1. The van der Waals surface area contributed by atoms with Gasteiger partial charge in [0.15, 0.2) is 5.54 Å². The second kappa shape index (κ2) is 6.70. The molecule has 3 rings (SSSR count). The average Bonchev–Trinajstić information content (AvgIpc) is 3.03. The Bertz CT molecular complexity index is 796. The van der Waals surface area contributed by atoms with Gasteiger partial charge in [-0.2, -0.15) is 0 Å². The van der Waals surface area contributed by atoms with Crippen molar-refractivity contribution in [2.45, 2.75) is 45.1 Å². The summed E-state index contributed by atoms with van der Waals surface area (Å²) in [6, 6.07) is 8.94. The van der Waals surface area contributed by atoms with Gasteiger partial charge in [-0.25, -0.2) is 4.79 Å². The second-order valence-electron chi connectivity index (χ2n) is 6.96. The maximum Gasteiger partial charge on any atom is 0.334 e. The quantitative estimate of drug-likeness (QED) is 0.871. The molecule has 0 aliphatic heterocycles. The Morgan fingerprint density at radius 1 is 1.36 bits per heavy atom. The van der Waals surface area contributed by atoms with Gasteiger partial charge in [-0.15, -0.1) is 0 Å². The number of aryl methyl sites for hydroxylation is 1. The molecule has 1 aliphatic rings. The Morgan fingerprint density at radius 3 is 2.84 bits per heavy atom. The van der Waals surface area contributed by atoms with Crippen LogP contribution in [0.15, 0.2) is 34.9 Å². The molecule has 1 atom stereocenters. The molecule has 0 saturated carbocycles. The number of aromatic nitrogens is 1. The topological polar surface area (TPSA) is 92.4 Å². The molecule has 1 aromatic carbocycles. The minimum Gasteiger partial charge on any atom is -0.479 e. The number of nitrogens with zero attached hydrogens (tertiary/aromatic N) is 1. The lowest BCUT2D eigenvalue weighted by atomic mass is 9.76. The van der Waals surface area contributed by atoms with E-state index in [1.807, 2.05) is 26.0 Å². The molecule has 132 valence electrons. The number of carbonyl (C=O) groups is 2. The molecule has 0 bridgehead atoms. The molecule has 6 heteroatoms. The predicted molar refractivity (Wildman–Crippen MR) is 91.2 cm³/mol. The molecular formula is C19H22N2O4. The van der Waals surface area contributed by atoms with Gasteiger partial charge in [-0.1, -0.05) is 43.3 Å². The minimum atomic E-state index is -1.43. The van der Waals surface area contributed by atoms with E-state index in [4.69, 9.17) is 4.52 Å². The minimum absolute atomic E-state index is 0.0410. The van der Waals surface area contributed by atoms with E-state index in [0.717, 1.165) is 12.0 Å². The van der Waals surface area contributed by atoms with Crippen LogP contribution in [0.4, 0.5) is 0 Å². The third-order valence-electron chi connectivity index (χ3n) is 4.57. The van der Waals surface area contributed by atoms with E-state index in [0.29, 0.717) is 36.4 Å². The Hall–Kier alpha value is -2.63. The van der Waals surface area contributed by atoms with E-state index < -0.39 is 17.4 Å². The van der Waals surface area contributed by atoms with Crippen LogP contribution in [0.2, 0.25) is 0 Å². The molecule has 25 heavy (non-hydrogen) atoms. The molecule has 0 fully saturated rings. The number of aliphatic carboxylic acids is 1. The number of hydrogen-bond donors (Lipinski definition) is 2. The van der Waals surface area contributed by atoms with Crippen LogP contribution in [0.1, 0.15) is 54.1 Å². The molecule has 2 N–H and O–H groups in total. The van der Waals surface area contributed by atoms with Crippen LogP contribution in [-0.2, 0) is 23.2 Å². The van der Waals surface area contributed by atoms with E-state index >= 15 is 0 Å². The second-order valence-corrected chi connectivity index (χ2v) is 6.96. The number of carboxylic acids is 1. The summed E-state index contributed by atoms with van der Waals surface area (Å²) in [4.78, 5) is 24.7. The highest BCUT2D eigenvalue weighted by Gasteiger charge is 2.45. The van der Waals surface area contributed by atoms with E-state index in [1.165, 1.54) is 0 Å². The molecule has 1 amide bonds. The molecule has 0 unspecified atom stereocenters. The van der Waals surface area contributed by atoms with Crippen LogP contribution in [-0.4, -0.2) is 22.1 Å². The van der Waals surface area contributed by atoms with Gasteiger partial charge in [0.2, 0.25) is 5.76 Å². The molecule has 1 heterocycles. The SMILES string of the molecule is CC(C)Cc1cc(C(=O)N[C@]2(C(=O)O)CCCc3ccccc32)on1. The van der Waals surface area contributed by atoms with E-state index in [-0.39, 0.29) is 5.76 Å². The summed E-state index contributed by atoms with van der Waals surface area (Å²) in [7, 11) is 0. The smallest absolute Gasteiger partial charge is 0.334 e. The first-order chi connectivity index (χ1) is 11.9. The number of carboxylic acid groups (broad SMARTS) is 1. The fourth-order valence-corrected chi connectivity index (χ4v) is 3.43. The normalized spacial score (nSPS) is 19.5. The Kier molecular flexibility index (Phi) is 4.61. The Labute approximate surface area is 146 Å². The number of carbonyl (C=O) groups excluding carboxylic acids is 1. The monoisotopic (exact) mass is 342 g/mol. The summed E-state index contributed by atoms with van der Waals surface area (Å²) in [6.07, 6.45) is 2.54. The lowest BCUT2D eigenvalue weighted by Gasteiger charge is -2.35. The van der Waals surface area contributed by atoms with Gasteiger partial charge in [0, 0.05) is 6.07 Å². The van der Waals surface area contributed by atoms with Crippen molar-refractivity contribution in [1.82, 2.24) is 10.5 Å². The lowest BCUT2D eigenvalue weighted by molar-refractivity contribution is -0.145. The van der Waals surface area contributed by atoms with Crippen molar-refractivity contribution < 1.29 is 19.2 Å². The number of benzene rings is 1. The lowest BCUT2D eigenvalue weighted by Crippen LogP contribution is -2.53. The highest BCUT2D eigenvalue weighted by atomic mass is 16.5. The van der Waals surface area contributed by atoms with Crippen LogP contribution >= 0.6 is 0 Å². The zero-order chi connectivity index (χ0) is 18.0. The summed E-state index contributed by atoms with van der Waals surface area (Å²) in [5.74, 6) is -1.19. The third kappa shape index (κ3) is 3.29. The van der Waals surface area contributed by atoms with Crippen molar-refractivity contribution in [3.8, 4) is 0 Å². The summed E-state index contributed by atoms with van der Waals surface area (Å²) >= 11 is 0.